The quantitative estimate of drug-likeness (QED) is 0.637. The van der Waals surface area contributed by atoms with Crippen LogP contribution in [0.15, 0.2) is 47.4 Å². The van der Waals surface area contributed by atoms with Crippen molar-refractivity contribution < 1.29 is 13.2 Å². The monoisotopic (exact) mass is 363 g/mol. The van der Waals surface area contributed by atoms with Crippen LogP contribution in [0.4, 0.5) is 18.9 Å². The van der Waals surface area contributed by atoms with Gasteiger partial charge in [-0.2, -0.15) is 18.4 Å². The Balaban J connectivity index is 1.48. The van der Waals surface area contributed by atoms with E-state index < -0.39 is 11.7 Å². The molecule has 1 aliphatic rings. The number of halogens is 3. The van der Waals surface area contributed by atoms with Gasteiger partial charge in [0.2, 0.25) is 0 Å². The Morgan fingerprint density at radius 2 is 1.92 bits per heavy atom. The first-order chi connectivity index (χ1) is 12.0. The van der Waals surface area contributed by atoms with E-state index in [2.05, 4.69) is 15.7 Å². The molecule has 0 bridgehead atoms. The average molecular weight is 363 g/mol. The fraction of sp³-hybridized carbons (Fsp3) is 0.278. The number of nitrogens with one attached hydrogen (secondary N) is 1. The lowest BCUT2D eigenvalue weighted by molar-refractivity contribution is -0.137. The van der Waals surface area contributed by atoms with Gasteiger partial charge >= 0.3 is 6.18 Å². The maximum Gasteiger partial charge on any atom is 0.416 e. The van der Waals surface area contributed by atoms with Gasteiger partial charge < -0.3 is 4.90 Å². The van der Waals surface area contributed by atoms with Crippen LogP contribution < -0.4 is 9.62 Å². The van der Waals surface area contributed by atoms with Crippen LogP contribution in [0, 0.1) is 11.3 Å². The van der Waals surface area contributed by atoms with Crippen LogP contribution in [0.5, 0.6) is 0 Å². The normalized spacial score (nSPS) is 13.6. The standard InChI is InChI=1S/C18H16F3N3S/c19-18(20,21)15-2-4-16(5-3-15)25-23-8-10-24-9-7-14-11-13(12-22)1-6-17(14)24/h1-6,11,23H,7-10H2. The predicted molar refractivity (Wildman–Crippen MR) is 92.4 cm³/mol. The van der Waals surface area contributed by atoms with Crippen LogP contribution in [-0.4, -0.2) is 19.6 Å². The summed E-state index contributed by atoms with van der Waals surface area (Å²) in [5.41, 5.74) is 2.38. The number of nitriles is 1. The van der Waals surface area contributed by atoms with Crippen molar-refractivity contribution in [1.29, 1.82) is 5.26 Å². The minimum atomic E-state index is -4.30. The highest BCUT2D eigenvalue weighted by Gasteiger charge is 2.29. The van der Waals surface area contributed by atoms with Gasteiger partial charge in [-0.15, -0.1) is 0 Å². The first kappa shape index (κ1) is 17.6. The SMILES string of the molecule is N#Cc1ccc2c(c1)CCN2CCNSc1ccc(C(F)(F)F)cc1. The van der Waals surface area contributed by atoms with Crippen LogP contribution in [0.1, 0.15) is 16.7 Å². The predicted octanol–water partition coefficient (Wildman–Crippen LogP) is 4.24. The third-order valence-electron chi connectivity index (χ3n) is 4.06. The zero-order valence-corrected chi connectivity index (χ0v) is 14.1. The van der Waals surface area contributed by atoms with Crippen LogP contribution in [0.25, 0.3) is 0 Å². The first-order valence-electron chi connectivity index (χ1n) is 7.82. The Morgan fingerprint density at radius 3 is 2.60 bits per heavy atom. The maximum atomic E-state index is 12.5. The highest BCUT2D eigenvalue weighted by atomic mass is 32.2. The van der Waals surface area contributed by atoms with E-state index in [-0.39, 0.29) is 0 Å². The summed E-state index contributed by atoms with van der Waals surface area (Å²) < 4.78 is 40.7. The molecule has 0 atom stereocenters. The average Bonchev–Trinajstić information content (AvgIpc) is 3.00. The molecule has 1 heterocycles. The number of benzene rings is 2. The Hall–Kier alpha value is -2.17. The van der Waals surface area contributed by atoms with Gasteiger partial charge in [0, 0.05) is 30.2 Å². The summed E-state index contributed by atoms with van der Waals surface area (Å²) in [5, 5.41) is 8.94. The number of hydrogen-bond acceptors (Lipinski definition) is 4. The van der Waals surface area contributed by atoms with Crippen molar-refractivity contribution in [2.24, 2.45) is 0 Å². The Labute approximate surface area is 148 Å². The Kier molecular flexibility index (Phi) is 5.21. The second-order valence-electron chi connectivity index (χ2n) is 5.71. The van der Waals surface area contributed by atoms with Gasteiger partial charge in [0.1, 0.15) is 0 Å². The van der Waals surface area contributed by atoms with Gasteiger partial charge in [0.25, 0.3) is 0 Å². The summed E-state index contributed by atoms with van der Waals surface area (Å²) in [4.78, 5) is 2.99. The Bertz CT molecular complexity index is 782. The topological polar surface area (TPSA) is 39.1 Å². The van der Waals surface area contributed by atoms with Gasteiger partial charge in [0.15, 0.2) is 0 Å². The van der Waals surface area contributed by atoms with E-state index in [0.29, 0.717) is 12.1 Å². The third-order valence-corrected chi connectivity index (χ3v) is 4.91. The second kappa shape index (κ2) is 7.38. The zero-order valence-electron chi connectivity index (χ0n) is 13.3. The summed E-state index contributed by atoms with van der Waals surface area (Å²) in [7, 11) is 0. The van der Waals surface area contributed by atoms with E-state index in [4.69, 9.17) is 5.26 Å². The van der Waals surface area contributed by atoms with Crippen molar-refractivity contribution in [3.8, 4) is 6.07 Å². The van der Waals surface area contributed by atoms with Crippen molar-refractivity contribution in [3.63, 3.8) is 0 Å². The largest absolute Gasteiger partial charge is 0.416 e. The molecule has 3 rings (SSSR count). The van der Waals surface area contributed by atoms with Crippen molar-refractivity contribution in [1.82, 2.24) is 4.72 Å². The molecule has 25 heavy (non-hydrogen) atoms. The van der Waals surface area contributed by atoms with E-state index in [1.165, 1.54) is 29.6 Å². The summed E-state index contributed by atoms with van der Waals surface area (Å²) in [5.74, 6) is 0. The second-order valence-corrected chi connectivity index (χ2v) is 6.68. The molecular formula is C18H16F3N3S. The molecule has 0 aromatic heterocycles. The smallest absolute Gasteiger partial charge is 0.370 e. The number of anilines is 1. The molecule has 0 aliphatic carbocycles. The minimum absolute atomic E-state index is 0.637. The van der Waals surface area contributed by atoms with E-state index >= 15 is 0 Å². The molecule has 0 radical (unpaired) electrons. The Morgan fingerprint density at radius 1 is 1.16 bits per heavy atom. The highest BCUT2D eigenvalue weighted by Crippen LogP contribution is 2.30. The van der Waals surface area contributed by atoms with Gasteiger partial charge in [-0.3, -0.25) is 4.72 Å². The molecular weight excluding hydrogens is 347 g/mol. The molecule has 7 heteroatoms. The molecule has 3 nitrogen and oxygen atoms in total. The fourth-order valence-electron chi connectivity index (χ4n) is 2.80. The van der Waals surface area contributed by atoms with Crippen molar-refractivity contribution >= 4 is 17.6 Å². The molecule has 0 spiro atoms. The summed E-state index contributed by atoms with van der Waals surface area (Å²) in [6, 6.07) is 13.0. The summed E-state index contributed by atoms with van der Waals surface area (Å²) in [6.07, 6.45) is -3.37. The van der Waals surface area contributed by atoms with Crippen LogP contribution in [0.3, 0.4) is 0 Å². The lowest BCUT2D eigenvalue weighted by Crippen LogP contribution is -2.28. The minimum Gasteiger partial charge on any atom is -0.370 e. The third kappa shape index (κ3) is 4.27. The molecule has 0 saturated heterocycles. The zero-order chi connectivity index (χ0) is 17.9. The molecule has 0 amide bonds. The van der Waals surface area contributed by atoms with E-state index in [1.807, 2.05) is 18.2 Å². The number of rotatable bonds is 5. The van der Waals surface area contributed by atoms with E-state index in [0.717, 1.165) is 42.2 Å². The van der Waals surface area contributed by atoms with Crippen molar-refractivity contribution in [3.05, 3.63) is 59.2 Å². The molecule has 2 aromatic carbocycles. The number of nitrogens with zero attached hydrogens (tertiary/aromatic N) is 2. The van der Waals surface area contributed by atoms with Crippen molar-refractivity contribution in [2.75, 3.05) is 24.5 Å². The highest BCUT2D eigenvalue weighted by molar-refractivity contribution is 7.97. The number of fused-ring (bicyclic) bond motifs is 1. The first-order valence-corrected chi connectivity index (χ1v) is 8.64. The molecule has 1 aliphatic heterocycles. The van der Waals surface area contributed by atoms with Crippen LogP contribution in [-0.2, 0) is 12.6 Å². The summed E-state index contributed by atoms with van der Waals surface area (Å²) >= 11 is 1.32. The number of hydrogen-bond donors (Lipinski definition) is 1. The molecule has 0 unspecified atom stereocenters. The molecule has 1 N–H and O–H groups in total. The lowest BCUT2D eigenvalue weighted by Gasteiger charge is -2.19. The number of alkyl halides is 3. The van der Waals surface area contributed by atoms with Crippen LogP contribution >= 0.6 is 11.9 Å². The molecule has 0 saturated carbocycles. The summed E-state index contributed by atoms with van der Waals surface area (Å²) in [6.45, 7) is 2.41. The van der Waals surface area contributed by atoms with Crippen LogP contribution in [0.2, 0.25) is 0 Å². The molecule has 130 valence electrons. The molecule has 0 fully saturated rings. The van der Waals surface area contributed by atoms with Gasteiger partial charge in [0.05, 0.1) is 17.2 Å². The van der Waals surface area contributed by atoms with E-state index in [9.17, 15) is 13.2 Å². The van der Waals surface area contributed by atoms with Gasteiger partial charge in [-0.05, 0) is 66.4 Å². The van der Waals surface area contributed by atoms with Gasteiger partial charge in [-0.25, -0.2) is 0 Å². The molecule has 2 aromatic rings. The maximum absolute atomic E-state index is 12.5. The van der Waals surface area contributed by atoms with Crippen molar-refractivity contribution in [2.45, 2.75) is 17.5 Å². The fourth-order valence-corrected chi connectivity index (χ4v) is 3.43. The van der Waals surface area contributed by atoms with Gasteiger partial charge in [-0.1, -0.05) is 0 Å². The lowest BCUT2D eigenvalue weighted by atomic mass is 10.1. The van der Waals surface area contributed by atoms with E-state index in [1.54, 1.807) is 0 Å².